The molecule has 3 aromatic carbocycles. The Labute approximate surface area is 184 Å². The molecule has 5 nitrogen and oxygen atoms in total. The normalized spacial score (nSPS) is 12.3. The molecule has 0 radical (unpaired) electrons. The molecule has 3 rings (SSSR count). The van der Waals surface area contributed by atoms with Crippen molar-refractivity contribution >= 4 is 21.6 Å². The van der Waals surface area contributed by atoms with Crippen molar-refractivity contribution < 1.29 is 13.2 Å². The summed E-state index contributed by atoms with van der Waals surface area (Å²) in [6.07, 6.45) is 0.770. The third-order valence-electron chi connectivity index (χ3n) is 5.48. The molecule has 0 bridgehead atoms. The number of rotatable bonds is 7. The zero-order valence-corrected chi connectivity index (χ0v) is 19.1. The maximum Gasteiger partial charge on any atom is 0.264 e. The van der Waals surface area contributed by atoms with Crippen LogP contribution >= 0.6 is 0 Å². The fourth-order valence-electron chi connectivity index (χ4n) is 3.65. The topological polar surface area (TPSA) is 66.5 Å². The highest BCUT2D eigenvalue weighted by Crippen LogP contribution is 2.27. The zero-order chi connectivity index (χ0) is 22.6. The van der Waals surface area contributed by atoms with E-state index in [1.165, 1.54) is 11.4 Å². The minimum Gasteiger partial charge on any atom is -0.345 e. The molecule has 0 saturated carbocycles. The van der Waals surface area contributed by atoms with Crippen LogP contribution < -0.4 is 9.62 Å². The SMILES string of the molecule is CCC(NC(=O)c1ccc(N(C)S(=O)(=O)c2ccccc2)c(C)c1)c1ccccc1C. The Morgan fingerprint density at radius 1 is 0.935 bits per heavy atom. The van der Waals surface area contributed by atoms with Crippen LogP contribution in [-0.4, -0.2) is 21.4 Å². The molecule has 0 aliphatic heterocycles. The summed E-state index contributed by atoms with van der Waals surface area (Å²) >= 11 is 0. The number of hydrogen-bond acceptors (Lipinski definition) is 3. The van der Waals surface area contributed by atoms with Gasteiger partial charge in [0.15, 0.2) is 0 Å². The predicted octanol–water partition coefficient (Wildman–Crippen LogP) is 5.01. The quantitative estimate of drug-likeness (QED) is 0.566. The molecule has 0 aromatic heterocycles. The number of anilines is 1. The Bertz CT molecular complexity index is 1170. The van der Waals surface area contributed by atoms with Crippen molar-refractivity contribution in [1.29, 1.82) is 0 Å². The molecule has 0 aliphatic carbocycles. The van der Waals surface area contributed by atoms with Gasteiger partial charge in [-0.1, -0.05) is 49.4 Å². The van der Waals surface area contributed by atoms with Gasteiger partial charge in [-0.15, -0.1) is 0 Å². The van der Waals surface area contributed by atoms with Gasteiger partial charge in [0, 0.05) is 12.6 Å². The van der Waals surface area contributed by atoms with Gasteiger partial charge in [-0.25, -0.2) is 8.42 Å². The second-order valence-electron chi connectivity index (χ2n) is 7.58. The van der Waals surface area contributed by atoms with E-state index in [-0.39, 0.29) is 16.8 Å². The van der Waals surface area contributed by atoms with E-state index in [9.17, 15) is 13.2 Å². The van der Waals surface area contributed by atoms with Crippen molar-refractivity contribution in [3.05, 3.63) is 95.1 Å². The summed E-state index contributed by atoms with van der Waals surface area (Å²) in [4.78, 5) is 13.1. The molecule has 1 atom stereocenters. The first-order chi connectivity index (χ1) is 14.8. The lowest BCUT2D eigenvalue weighted by Gasteiger charge is -2.23. The molecule has 6 heteroatoms. The van der Waals surface area contributed by atoms with E-state index in [0.29, 0.717) is 16.8 Å². The summed E-state index contributed by atoms with van der Waals surface area (Å²) in [6, 6.07) is 21.3. The van der Waals surface area contributed by atoms with Gasteiger partial charge < -0.3 is 5.32 Å². The van der Waals surface area contributed by atoms with Crippen molar-refractivity contribution in [3.8, 4) is 0 Å². The van der Waals surface area contributed by atoms with Gasteiger partial charge >= 0.3 is 0 Å². The fourth-order valence-corrected chi connectivity index (χ4v) is 4.93. The van der Waals surface area contributed by atoms with Gasteiger partial charge in [0.1, 0.15) is 0 Å². The van der Waals surface area contributed by atoms with Crippen molar-refractivity contribution in [1.82, 2.24) is 5.32 Å². The van der Waals surface area contributed by atoms with Crippen LogP contribution in [0.1, 0.15) is 46.4 Å². The molecule has 3 aromatic rings. The van der Waals surface area contributed by atoms with Crippen LogP contribution in [0, 0.1) is 13.8 Å². The number of benzene rings is 3. The van der Waals surface area contributed by atoms with Crippen LogP contribution in [0.25, 0.3) is 0 Å². The van der Waals surface area contributed by atoms with E-state index in [2.05, 4.69) is 5.32 Å². The number of amides is 1. The summed E-state index contributed by atoms with van der Waals surface area (Å²) < 4.78 is 27.1. The van der Waals surface area contributed by atoms with Crippen LogP contribution in [0.4, 0.5) is 5.69 Å². The minimum atomic E-state index is -3.68. The second kappa shape index (κ2) is 9.35. The van der Waals surface area contributed by atoms with E-state index in [1.54, 1.807) is 48.5 Å². The lowest BCUT2D eigenvalue weighted by atomic mass is 9.99. The third kappa shape index (κ3) is 4.80. The molecule has 162 valence electrons. The largest absolute Gasteiger partial charge is 0.345 e. The molecule has 1 amide bonds. The third-order valence-corrected chi connectivity index (χ3v) is 7.26. The van der Waals surface area contributed by atoms with Gasteiger partial charge in [-0.05, 0) is 67.3 Å². The number of carbonyl (C=O) groups excluding carboxylic acids is 1. The summed E-state index contributed by atoms with van der Waals surface area (Å²) in [6.45, 7) is 5.88. The van der Waals surface area contributed by atoms with Gasteiger partial charge in [-0.3, -0.25) is 9.10 Å². The van der Waals surface area contributed by atoms with Crippen LogP contribution in [0.15, 0.2) is 77.7 Å². The molecular formula is C25H28N2O3S. The van der Waals surface area contributed by atoms with Crippen molar-refractivity contribution in [3.63, 3.8) is 0 Å². The van der Waals surface area contributed by atoms with Gasteiger partial charge in [0.05, 0.1) is 16.6 Å². The van der Waals surface area contributed by atoms with Crippen molar-refractivity contribution in [2.24, 2.45) is 0 Å². The Hall–Kier alpha value is -3.12. The Kier molecular flexibility index (Phi) is 6.81. The number of sulfonamides is 1. The lowest BCUT2D eigenvalue weighted by Crippen LogP contribution is -2.29. The fraction of sp³-hybridized carbons (Fsp3) is 0.240. The summed E-state index contributed by atoms with van der Waals surface area (Å²) in [5.41, 5.74) is 3.97. The molecule has 31 heavy (non-hydrogen) atoms. The van der Waals surface area contributed by atoms with Crippen molar-refractivity contribution in [2.75, 3.05) is 11.4 Å². The maximum atomic E-state index is 12.9. The summed E-state index contributed by atoms with van der Waals surface area (Å²) in [5.74, 6) is -0.182. The first kappa shape index (κ1) is 22.6. The van der Waals surface area contributed by atoms with E-state index < -0.39 is 10.0 Å². The van der Waals surface area contributed by atoms with Crippen LogP contribution in [0.3, 0.4) is 0 Å². The predicted molar refractivity (Wildman–Crippen MR) is 125 cm³/mol. The van der Waals surface area contributed by atoms with E-state index in [1.807, 2.05) is 45.0 Å². The maximum absolute atomic E-state index is 12.9. The first-order valence-electron chi connectivity index (χ1n) is 10.3. The van der Waals surface area contributed by atoms with Gasteiger partial charge in [0.25, 0.3) is 15.9 Å². The van der Waals surface area contributed by atoms with E-state index in [0.717, 1.165) is 17.5 Å². The monoisotopic (exact) mass is 436 g/mol. The number of aryl methyl sites for hydroxylation is 2. The number of nitrogens with zero attached hydrogens (tertiary/aromatic N) is 1. The van der Waals surface area contributed by atoms with Crippen LogP contribution in [0.2, 0.25) is 0 Å². The first-order valence-corrected chi connectivity index (χ1v) is 11.7. The Morgan fingerprint density at radius 2 is 1.58 bits per heavy atom. The minimum absolute atomic E-state index is 0.0881. The van der Waals surface area contributed by atoms with Gasteiger partial charge in [-0.2, -0.15) is 0 Å². The Morgan fingerprint density at radius 3 is 2.19 bits per heavy atom. The molecular weight excluding hydrogens is 408 g/mol. The van der Waals surface area contributed by atoms with Crippen molar-refractivity contribution in [2.45, 2.75) is 38.1 Å². The zero-order valence-electron chi connectivity index (χ0n) is 18.3. The molecule has 0 aliphatic rings. The highest BCUT2D eigenvalue weighted by molar-refractivity contribution is 7.92. The average molecular weight is 437 g/mol. The van der Waals surface area contributed by atoms with Gasteiger partial charge in [0.2, 0.25) is 0 Å². The highest BCUT2D eigenvalue weighted by atomic mass is 32.2. The van der Waals surface area contributed by atoms with E-state index >= 15 is 0 Å². The van der Waals surface area contributed by atoms with Crippen LogP contribution in [-0.2, 0) is 10.0 Å². The molecule has 0 fully saturated rings. The van der Waals surface area contributed by atoms with E-state index in [4.69, 9.17) is 0 Å². The molecule has 0 saturated heterocycles. The molecule has 0 spiro atoms. The summed E-state index contributed by atoms with van der Waals surface area (Å²) in [7, 11) is -2.16. The number of hydrogen-bond donors (Lipinski definition) is 1. The lowest BCUT2D eigenvalue weighted by molar-refractivity contribution is 0.0935. The molecule has 0 heterocycles. The second-order valence-corrected chi connectivity index (χ2v) is 9.55. The number of nitrogens with one attached hydrogen (secondary N) is 1. The number of carbonyl (C=O) groups is 1. The van der Waals surface area contributed by atoms with Crippen LogP contribution in [0.5, 0.6) is 0 Å². The molecule has 1 N–H and O–H groups in total. The summed E-state index contributed by atoms with van der Waals surface area (Å²) in [5, 5.41) is 3.10. The average Bonchev–Trinajstić information content (AvgIpc) is 2.78. The smallest absolute Gasteiger partial charge is 0.264 e. The standard InChI is InChI=1S/C25H28N2O3S/c1-5-23(22-14-10-9-11-18(22)2)26-25(28)20-15-16-24(19(3)17-20)27(4)31(29,30)21-12-7-6-8-13-21/h6-17,23H,5H2,1-4H3,(H,26,28). The Balaban J connectivity index is 1.83. The molecule has 1 unspecified atom stereocenters. The highest BCUT2D eigenvalue weighted by Gasteiger charge is 2.23.